The molecule has 10 rings (SSSR count). The Morgan fingerprint density at radius 2 is 0.488 bits per heavy atom. The van der Waals surface area contributed by atoms with Crippen molar-refractivity contribution in [1.82, 2.24) is 31.9 Å². The first-order valence-corrected chi connectivity index (χ1v) is 40.5. The predicted octanol–water partition coefficient (Wildman–Crippen LogP) is -21.3. The molecule has 0 aromatic rings. The van der Waals surface area contributed by atoms with Gasteiger partial charge in [-0.1, -0.05) is 0 Å². The SMILES string of the molecule is CC(=O)N[C@@H]1[C@@H](O)[C@H](O[C@@H]2O[C@H](CO)[C@@H](O[C@@H]3O[C@H](CO[C@H]4O[C@H](CO)[C@@H](O)[C@H](O)[C@@H]4O[C@@H]4O[C@H](CO)[C@@H](O[C@@H]5O[C@H](CO)[C@H](O)[C@H](O)[C@H]5NC(C)=O)[C@H](O)[C@H]4NC(C)=O)[C@@H](O)[C@H](O[C@H]4O[C@H](CO)[C@@H](O)[C@H](O)[C@@H]4O[C@@H]4O[C@H](CO)[C@@H](O[C@@H]5O[C@H](CO)[C@H](O)[C@H](O)[C@H]5NC(C)=O)[C@H](O)[C@H]4NC(C)=O)[C@@H]3O[C@@H]3OC[C@@H](O)[C@H](O)[C@H]3O)[C@H](O)[C@H]2NC(C)=O)[C@@H](CO)O[C@H]1O. The Morgan fingerprint density at radius 3 is 0.843 bits per heavy atom. The van der Waals surface area contributed by atoms with Crippen LogP contribution in [0.25, 0.3) is 0 Å². The average Bonchev–Trinajstić information content (AvgIpc) is 0.766. The van der Waals surface area contributed by atoms with E-state index in [0.29, 0.717) is 0 Å². The van der Waals surface area contributed by atoms with Crippen molar-refractivity contribution in [1.29, 1.82) is 0 Å². The summed E-state index contributed by atoms with van der Waals surface area (Å²) >= 11 is 0. The fraction of sp³-hybridized carbons (Fsp3) is 0.915. The zero-order valence-corrected chi connectivity index (χ0v) is 68.7. The zero-order chi connectivity index (χ0) is 93.5. The van der Waals surface area contributed by atoms with Crippen LogP contribution in [0.5, 0.6) is 0 Å². The van der Waals surface area contributed by atoms with Gasteiger partial charge in [-0.25, -0.2) is 0 Å². The van der Waals surface area contributed by atoms with Crippen LogP contribution >= 0.6 is 0 Å². The van der Waals surface area contributed by atoms with Gasteiger partial charge in [-0.15, -0.1) is 0 Å². The van der Waals surface area contributed by atoms with E-state index in [-0.39, 0.29) is 0 Å². The highest BCUT2D eigenvalue weighted by atomic mass is 16.8. The summed E-state index contributed by atoms with van der Waals surface area (Å²) in [5, 5.41) is 297. The van der Waals surface area contributed by atoms with Crippen LogP contribution in [0.4, 0.5) is 0 Å². The van der Waals surface area contributed by atoms with Crippen molar-refractivity contribution in [3.05, 3.63) is 0 Å². The first kappa shape index (κ1) is 104. The van der Waals surface area contributed by atoms with Crippen LogP contribution in [0.1, 0.15) is 41.5 Å². The lowest BCUT2D eigenvalue weighted by Crippen LogP contribution is -2.71. The van der Waals surface area contributed by atoms with E-state index in [0.717, 1.165) is 41.5 Å². The van der Waals surface area contributed by atoms with Gasteiger partial charge in [0.1, 0.15) is 238 Å². The molecule has 0 saturated carbocycles. The Bertz CT molecular complexity index is 3520. The van der Waals surface area contributed by atoms with Gasteiger partial charge in [-0.3, -0.25) is 28.8 Å². The van der Waals surface area contributed by atoms with Crippen molar-refractivity contribution in [2.24, 2.45) is 0 Å². The van der Waals surface area contributed by atoms with Gasteiger partial charge in [0, 0.05) is 41.5 Å². The quantitative estimate of drug-likeness (QED) is 0.0290. The van der Waals surface area contributed by atoms with E-state index in [9.17, 15) is 156 Å². The summed E-state index contributed by atoms with van der Waals surface area (Å²) in [4.78, 5) is 76.8. The second-order valence-corrected chi connectivity index (χ2v) is 32.0. The summed E-state index contributed by atoms with van der Waals surface area (Å²) in [5.41, 5.74) is 0. The topological polar surface area (TPSA) is 856 Å². The van der Waals surface area contributed by atoms with Gasteiger partial charge in [0.25, 0.3) is 0 Å². The van der Waals surface area contributed by atoms with Gasteiger partial charge in [0.05, 0.1) is 66.1 Å². The summed E-state index contributed by atoms with van der Waals surface area (Å²) in [6, 6.07) is -11.1. The Morgan fingerprint density at radius 1 is 0.236 bits per heavy atom. The molecule has 0 aliphatic carbocycles. The van der Waals surface area contributed by atoms with Crippen molar-refractivity contribution in [3.8, 4) is 0 Å². The molecule has 127 heavy (non-hydrogen) atoms. The smallest absolute Gasteiger partial charge is 0.217 e. The van der Waals surface area contributed by atoms with Crippen molar-refractivity contribution in [3.63, 3.8) is 0 Å². The number of aliphatic hydroxyl groups is 25. The number of nitrogens with one attached hydrogen (secondary N) is 6. The third kappa shape index (κ3) is 23.7. The molecule has 0 aromatic carbocycles. The maximum atomic E-state index is 13.3. The predicted molar refractivity (Wildman–Crippen MR) is 393 cm³/mol. The minimum atomic E-state index is -2.62. The lowest BCUT2D eigenvalue weighted by atomic mass is 9.93. The molecule has 0 unspecified atom stereocenters. The number of carbonyl (C=O) groups is 6. The zero-order valence-electron chi connectivity index (χ0n) is 68.7. The fourth-order valence-corrected chi connectivity index (χ4v) is 16.4. The lowest BCUT2D eigenvalue weighted by Gasteiger charge is -2.52. The highest BCUT2D eigenvalue weighted by Gasteiger charge is 2.63. The number of amides is 6. The fourth-order valence-electron chi connectivity index (χ4n) is 16.4. The number of ether oxygens (including phenoxy) is 19. The molecule has 0 spiro atoms. The monoisotopic (exact) mass is 1850 g/mol. The van der Waals surface area contributed by atoms with Crippen molar-refractivity contribution < 1.29 is 246 Å². The highest BCUT2D eigenvalue weighted by molar-refractivity contribution is 5.75. The van der Waals surface area contributed by atoms with Crippen LogP contribution in [0.2, 0.25) is 0 Å². The number of hydrogen-bond acceptors (Lipinski definition) is 50. The van der Waals surface area contributed by atoms with Crippen molar-refractivity contribution in [2.75, 3.05) is 66.1 Å². The Kier molecular flexibility index (Phi) is 37.6. The molecule has 10 fully saturated rings. The van der Waals surface area contributed by atoms with E-state index in [1.165, 1.54) is 0 Å². The highest BCUT2D eigenvalue weighted by Crippen LogP contribution is 2.42. The minimum Gasteiger partial charge on any atom is -0.394 e. The van der Waals surface area contributed by atoms with Gasteiger partial charge in [-0.2, -0.15) is 0 Å². The summed E-state index contributed by atoms with van der Waals surface area (Å²) < 4.78 is 116. The van der Waals surface area contributed by atoms with Gasteiger partial charge < -0.3 is 250 Å². The molecule has 6 amide bonds. The van der Waals surface area contributed by atoms with Gasteiger partial charge in [0.15, 0.2) is 62.9 Å². The van der Waals surface area contributed by atoms with Crippen LogP contribution in [0, 0.1) is 0 Å². The number of aliphatic hydroxyl groups excluding tert-OH is 25. The van der Waals surface area contributed by atoms with Gasteiger partial charge in [0.2, 0.25) is 35.4 Å². The molecule has 0 radical (unpaired) electrons. The van der Waals surface area contributed by atoms with Crippen LogP contribution in [-0.4, -0.2) is 530 Å². The van der Waals surface area contributed by atoms with Crippen molar-refractivity contribution >= 4 is 35.4 Å². The Balaban J connectivity index is 1.05. The largest absolute Gasteiger partial charge is 0.394 e. The molecule has 10 aliphatic rings. The summed E-state index contributed by atoms with van der Waals surface area (Å²) in [5.74, 6) is -5.44. The molecule has 56 nitrogen and oxygen atoms in total. The minimum absolute atomic E-state index is 0.820. The molecule has 0 bridgehead atoms. The molecule has 31 N–H and O–H groups in total. The molecule has 10 heterocycles. The summed E-state index contributed by atoms with van der Waals surface area (Å²) in [6.45, 7) is -5.51. The van der Waals surface area contributed by atoms with Crippen LogP contribution < -0.4 is 31.9 Å². The number of rotatable bonds is 33. The first-order valence-electron chi connectivity index (χ1n) is 40.5. The Labute approximate surface area is 720 Å². The van der Waals surface area contributed by atoms with Crippen LogP contribution in [0.3, 0.4) is 0 Å². The van der Waals surface area contributed by atoms with E-state index in [4.69, 9.17) is 90.0 Å². The van der Waals surface area contributed by atoms with E-state index in [2.05, 4.69) is 31.9 Å². The summed E-state index contributed by atoms with van der Waals surface area (Å²) in [6.07, 6.45) is -92.2. The molecule has 732 valence electrons. The summed E-state index contributed by atoms with van der Waals surface area (Å²) in [7, 11) is 0. The molecule has 10 aliphatic heterocycles. The third-order valence-corrected chi connectivity index (χ3v) is 22.9. The van der Waals surface area contributed by atoms with Crippen LogP contribution in [0.15, 0.2) is 0 Å². The second kappa shape index (κ2) is 45.9. The first-order chi connectivity index (χ1) is 60.1. The Hall–Kier alpha value is -4.94. The van der Waals surface area contributed by atoms with Gasteiger partial charge >= 0.3 is 0 Å². The third-order valence-electron chi connectivity index (χ3n) is 22.9. The standard InChI is InChI=1S/C71H118N6O50/c1-17(86)72-33-47(101)54(28(11-82)111-62(33)108)120-65-36(75-20(4)89)50(104)57(31(14-85)116-65)123-71-61(127-68-53(107)39(93)23(92)15-109-68)58(124-70-60(52(106)43(97)27(10-81)115-70)126-67-38(77-22(6)91)49(103)56(30(13-84)118-67)122-64-35(74-19(3)88)46(100)41(95)25(8-79)113-64)44(98)32(119-71)16-110-69-59(51(105)42(96)26(9-80)114-69)125-66-37(76-21(5)90)48(102)55(29(12-83)117-66)121-63-34(73-18(2)87)45(99)40(94)24(7-78)112-63/h23-71,78-85,92-108H,7-16H2,1-6H3,(H,72,86)(H,73,87)(H,74,88)(H,75,89)(H,76,90)(H,77,91)/t23-,24-,25-,26-,27-,28-,29-,30-,31-,32-,33-,34-,35-,36-,37-,38-,39+,40+,41+,42-,43-,44-,45-,46-,47-,48-,49-,50-,51+,52+,53-,54-,55-,56-,57-,58+,59+,60+,61+,62-,63+,64+,65+,66+,67+,68+,69+,70-,71+/m1/s1. The van der Waals surface area contributed by atoms with E-state index in [1.807, 2.05) is 0 Å². The van der Waals surface area contributed by atoms with E-state index in [1.54, 1.807) is 0 Å². The lowest BCUT2D eigenvalue weighted by molar-refractivity contribution is -0.412. The van der Waals surface area contributed by atoms with E-state index >= 15 is 0 Å². The molecule has 49 atom stereocenters. The maximum absolute atomic E-state index is 13.3. The van der Waals surface area contributed by atoms with Gasteiger partial charge in [-0.05, 0) is 0 Å². The molecular weight excluding hydrogens is 1740 g/mol. The average molecular weight is 1860 g/mol. The molecular formula is C71H118N6O50. The number of hydrogen-bond donors (Lipinski definition) is 31. The van der Waals surface area contributed by atoms with Crippen LogP contribution in [-0.2, 0) is 119 Å². The van der Waals surface area contributed by atoms with E-state index < -0.39 is 402 Å². The molecule has 0 aromatic heterocycles. The van der Waals surface area contributed by atoms with Crippen molar-refractivity contribution in [2.45, 2.75) is 342 Å². The second-order valence-electron chi connectivity index (χ2n) is 32.0. The normalized spacial score (nSPS) is 47.5. The number of carbonyl (C=O) groups excluding carboxylic acids is 6. The molecule has 10 saturated heterocycles. The molecule has 56 heteroatoms. The maximum Gasteiger partial charge on any atom is 0.217 e.